The van der Waals surface area contributed by atoms with Gasteiger partial charge in [0.15, 0.2) is 0 Å². The average molecular weight is 316 g/mol. The summed E-state index contributed by atoms with van der Waals surface area (Å²) in [5.74, 6) is -2.18. The van der Waals surface area contributed by atoms with Gasteiger partial charge in [-0.1, -0.05) is 6.92 Å². The van der Waals surface area contributed by atoms with Crippen molar-refractivity contribution >= 4 is 11.0 Å². The highest BCUT2D eigenvalue weighted by Gasteiger charge is 2.62. The molecule has 0 spiro atoms. The first-order valence-electron chi connectivity index (χ1n) is 6.59. The monoisotopic (exact) mass is 316 g/mol. The lowest BCUT2D eigenvalue weighted by molar-refractivity contribution is -0.241. The van der Waals surface area contributed by atoms with E-state index in [-0.39, 0.29) is 22.1 Å². The highest BCUT2D eigenvalue weighted by molar-refractivity contribution is 5.86. The van der Waals surface area contributed by atoms with Crippen molar-refractivity contribution in [1.29, 1.82) is 0 Å². The molecule has 2 aromatic rings. The normalized spacial score (nSPS) is 24.4. The van der Waals surface area contributed by atoms with Crippen LogP contribution in [-0.4, -0.2) is 11.8 Å². The molecule has 3 nitrogen and oxygen atoms in total. The van der Waals surface area contributed by atoms with Crippen LogP contribution in [0.3, 0.4) is 0 Å². The first kappa shape index (κ1) is 14.9. The number of fused-ring (bicyclic) bond motifs is 3. The van der Waals surface area contributed by atoms with Gasteiger partial charge in [0, 0.05) is 22.4 Å². The van der Waals surface area contributed by atoms with Crippen LogP contribution in [0, 0.1) is 12.7 Å². The summed E-state index contributed by atoms with van der Waals surface area (Å²) in [5, 5.41) is 0.258. The lowest BCUT2D eigenvalue weighted by atomic mass is 9.85. The summed E-state index contributed by atoms with van der Waals surface area (Å²) in [4.78, 5) is 12.0. The molecule has 1 aliphatic heterocycles. The van der Waals surface area contributed by atoms with Crippen LogP contribution in [-0.2, 0) is 0 Å². The smallest absolute Gasteiger partial charge is 0.428 e. The van der Waals surface area contributed by atoms with Crippen molar-refractivity contribution < 1.29 is 26.7 Å². The zero-order valence-corrected chi connectivity index (χ0v) is 12.0. The number of benzene rings is 1. The first-order chi connectivity index (χ1) is 10.1. The van der Waals surface area contributed by atoms with Gasteiger partial charge < -0.3 is 9.15 Å². The molecule has 0 N–H and O–H groups in total. The largest absolute Gasteiger partial charge is 0.470 e. The van der Waals surface area contributed by atoms with Gasteiger partial charge in [-0.25, -0.2) is 9.18 Å². The molecule has 0 fully saturated rings. The van der Waals surface area contributed by atoms with E-state index >= 15 is 0 Å². The van der Waals surface area contributed by atoms with Crippen LogP contribution in [0.5, 0.6) is 5.75 Å². The van der Waals surface area contributed by atoms with Crippen molar-refractivity contribution in [2.24, 2.45) is 0 Å². The Hall–Kier alpha value is -2.05. The maximum atomic E-state index is 13.6. The van der Waals surface area contributed by atoms with Crippen LogP contribution < -0.4 is 10.4 Å². The fourth-order valence-corrected chi connectivity index (χ4v) is 2.79. The minimum atomic E-state index is -4.67. The van der Waals surface area contributed by atoms with E-state index in [1.807, 2.05) is 0 Å². The minimum Gasteiger partial charge on any atom is -0.470 e. The number of hydrogen-bond donors (Lipinski definition) is 0. The van der Waals surface area contributed by atoms with E-state index in [0.29, 0.717) is 0 Å². The third kappa shape index (κ3) is 1.71. The fourth-order valence-electron chi connectivity index (χ4n) is 2.79. The molecule has 2 unspecified atom stereocenters. The van der Waals surface area contributed by atoms with E-state index in [2.05, 4.69) is 0 Å². The zero-order chi connectivity index (χ0) is 16.4. The number of hydrogen-bond acceptors (Lipinski definition) is 3. The standard InChI is InChI=1S/C15H12F4O3/c1-6-9(16)5-4-8-10-7(2)14(3,15(17,18)19)22-12(10)13(20)21-11(6)8/h4-5,7H,1-3H3. The van der Waals surface area contributed by atoms with Crippen molar-refractivity contribution in [2.45, 2.75) is 38.5 Å². The highest BCUT2D eigenvalue weighted by Crippen LogP contribution is 2.52. The average Bonchev–Trinajstić information content (AvgIpc) is 2.70. The molecule has 0 saturated carbocycles. The van der Waals surface area contributed by atoms with Crippen molar-refractivity contribution in [3.8, 4) is 5.75 Å². The van der Waals surface area contributed by atoms with E-state index in [9.17, 15) is 22.4 Å². The predicted octanol–water partition coefficient (Wildman–Crippen LogP) is 4.06. The minimum absolute atomic E-state index is 0.0503. The SMILES string of the molecule is Cc1c(F)ccc2c3c(c(=O)oc12)OC(C)(C(F)(F)F)C3C. The third-order valence-electron chi connectivity index (χ3n) is 4.39. The number of alkyl halides is 3. The van der Waals surface area contributed by atoms with Crippen LogP contribution in [0.15, 0.2) is 21.3 Å². The quantitative estimate of drug-likeness (QED) is 0.543. The third-order valence-corrected chi connectivity index (χ3v) is 4.39. The van der Waals surface area contributed by atoms with Gasteiger partial charge in [0.25, 0.3) is 0 Å². The van der Waals surface area contributed by atoms with Crippen molar-refractivity contribution in [3.63, 3.8) is 0 Å². The highest BCUT2D eigenvalue weighted by atomic mass is 19.4. The van der Waals surface area contributed by atoms with Gasteiger partial charge in [0.2, 0.25) is 11.4 Å². The summed E-state index contributed by atoms with van der Waals surface area (Å²) in [6.07, 6.45) is -4.67. The molecule has 22 heavy (non-hydrogen) atoms. The molecule has 0 bridgehead atoms. The van der Waals surface area contributed by atoms with E-state index in [1.54, 1.807) is 0 Å². The Kier molecular flexibility index (Phi) is 2.87. The Bertz CT molecular complexity index is 837. The van der Waals surface area contributed by atoms with Gasteiger partial charge in [-0.2, -0.15) is 13.2 Å². The Morgan fingerprint density at radius 1 is 1.27 bits per heavy atom. The second-order valence-electron chi connectivity index (χ2n) is 5.61. The van der Waals surface area contributed by atoms with Crippen molar-refractivity contribution in [1.82, 2.24) is 0 Å². The number of halogens is 4. The molecule has 1 aliphatic rings. The Morgan fingerprint density at radius 2 is 1.91 bits per heavy atom. The molecule has 0 radical (unpaired) electrons. The summed E-state index contributed by atoms with van der Waals surface area (Å²) in [6.45, 7) is 3.62. The predicted molar refractivity (Wildman–Crippen MR) is 70.7 cm³/mol. The van der Waals surface area contributed by atoms with Gasteiger partial charge in [-0.3, -0.25) is 0 Å². The van der Waals surface area contributed by atoms with Gasteiger partial charge in [-0.15, -0.1) is 0 Å². The van der Waals surface area contributed by atoms with E-state index < -0.39 is 34.9 Å². The van der Waals surface area contributed by atoms with Crippen LogP contribution in [0.1, 0.15) is 30.9 Å². The summed E-state index contributed by atoms with van der Waals surface area (Å²) in [5.41, 5.74) is -3.43. The molecule has 0 saturated heterocycles. The first-order valence-corrected chi connectivity index (χ1v) is 6.59. The Morgan fingerprint density at radius 3 is 2.50 bits per heavy atom. The molecule has 0 aliphatic carbocycles. The zero-order valence-electron chi connectivity index (χ0n) is 12.0. The molecular weight excluding hydrogens is 304 g/mol. The van der Waals surface area contributed by atoms with Crippen molar-refractivity contribution in [3.05, 3.63) is 39.5 Å². The van der Waals surface area contributed by atoms with Gasteiger partial charge in [0.05, 0.1) is 0 Å². The van der Waals surface area contributed by atoms with Gasteiger partial charge in [-0.05, 0) is 26.0 Å². The van der Waals surface area contributed by atoms with E-state index in [4.69, 9.17) is 9.15 Å². The number of ether oxygens (including phenoxy) is 1. The molecule has 2 heterocycles. The summed E-state index contributed by atoms with van der Waals surface area (Å²) >= 11 is 0. The molecule has 1 aromatic carbocycles. The molecule has 0 amide bonds. The van der Waals surface area contributed by atoms with Crippen LogP contribution in [0.2, 0.25) is 0 Å². The van der Waals surface area contributed by atoms with Crippen molar-refractivity contribution in [2.75, 3.05) is 0 Å². The lowest BCUT2D eigenvalue weighted by Crippen LogP contribution is -2.48. The van der Waals surface area contributed by atoms with Crippen LogP contribution >= 0.6 is 0 Å². The number of rotatable bonds is 0. The molecule has 118 valence electrons. The Labute approximate surface area is 122 Å². The Balaban J connectivity index is 2.38. The second kappa shape index (κ2) is 4.24. The van der Waals surface area contributed by atoms with E-state index in [0.717, 1.165) is 13.0 Å². The lowest BCUT2D eigenvalue weighted by Gasteiger charge is -2.30. The van der Waals surface area contributed by atoms with Gasteiger partial charge >= 0.3 is 11.8 Å². The molecule has 1 aromatic heterocycles. The summed E-state index contributed by atoms with van der Waals surface area (Å²) in [7, 11) is 0. The van der Waals surface area contributed by atoms with Crippen LogP contribution in [0.4, 0.5) is 17.6 Å². The fraction of sp³-hybridized carbons (Fsp3) is 0.400. The summed E-state index contributed by atoms with van der Waals surface area (Å²) in [6, 6.07) is 2.44. The summed E-state index contributed by atoms with van der Waals surface area (Å²) < 4.78 is 63.5. The van der Waals surface area contributed by atoms with E-state index in [1.165, 1.54) is 19.9 Å². The molecular formula is C15H12F4O3. The molecule has 7 heteroatoms. The van der Waals surface area contributed by atoms with Gasteiger partial charge in [0.1, 0.15) is 11.4 Å². The number of aryl methyl sites for hydroxylation is 1. The topological polar surface area (TPSA) is 39.4 Å². The molecule has 2 atom stereocenters. The molecule has 3 rings (SSSR count). The second-order valence-corrected chi connectivity index (χ2v) is 5.61. The maximum absolute atomic E-state index is 13.6. The maximum Gasteiger partial charge on any atom is 0.428 e. The van der Waals surface area contributed by atoms with Crippen LogP contribution in [0.25, 0.3) is 11.0 Å².